The number of nitrogens with zero attached hydrogens (tertiary/aromatic N) is 4. The molecule has 4 rings (SSSR count). The van der Waals surface area contributed by atoms with Crippen LogP contribution in [0.2, 0.25) is 0 Å². The van der Waals surface area contributed by atoms with Crippen LogP contribution in [0.5, 0.6) is 0 Å². The number of hydrogen-bond acceptors (Lipinski definition) is 4. The summed E-state index contributed by atoms with van der Waals surface area (Å²) in [4.78, 5) is 9.52. The molecule has 148 valence electrons. The van der Waals surface area contributed by atoms with Crippen molar-refractivity contribution in [3.05, 3.63) is 59.9 Å². The molecule has 2 heterocycles. The summed E-state index contributed by atoms with van der Waals surface area (Å²) in [7, 11) is 2.08. The van der Waals surface area contributed by atoms with E-state index in [1.165, 1.54) is 12.1 Å². The van der Waals surface area contributed by atoms with Crippen molar-refractivity contribution >= 4 is 17.0 Å². The number of aliphatic hydroxyl groups is 1. The van der Waals surface area contributed by atoms with Gasteiger partial charge in [-0.3, -0.25) is 0 Å². The van der Waals surface area contributed by atoms with Crippen LogP contribution in [0.15, 0.2) is 48.5 Å². The molecule has 1 aromatic heterocycles. The predicted molar refractivity (Wildman–Crippen MR) is 110 cm³/mol. The van der Waals surface area contributed by atoms with Gasteiger partial charge in [0, 0.05) is 25.7 Å². The van der Waals surface area contributed by atoms with E-state index in [-0.39, 0.29) is 12.4 Å². The van der Waals surface area contributed by atoms with Crippen LogP contribution in [0.25, 0.3) is 11.0 Å². The van der Waals surface area contributed by atoms with Gasteiger partial charge < -0.3 is 19.5 Å². The van der Waals surface area contributed by atoms with E-state index >= 15 is 0 Å². The predicted octanol–water partition coefficient (Wildman–Crippen LogP) is 3.12. The first kappa shape index (κ1) is 18.9. The maximum absolute atomic E-state index is 13.3. The summed E-state index contributed by atoms with van der Waals surface area (Å²) in [5.41, 5.74) is 3.14. The van der Waals surface area contributed by atoms with Gasteiger partial charge in [0.2, 0.25) is 5.95 Å². The number of hydrogen-bond donors (Lipinski definition) is 1. The van der Waals surface area contributed by atoms with E-state index in [1.54, 1.807) is 0 Å². The Hall–Kier alpha value is -2.44. The molecule has 0 amide bonds. The van der Waals surface area contributed by atoms with Crippen LogP contribution >= 0.6 is 0 Å². The van der Waals surface area contributed by atoms with Crippen LogP contribution in [-0.2, 0) is 6.54 Å². The van der Waals surface area contributed by atoms with Crippen molar-refractivity contribution in [2.45, 2.75) is 25.4 Å². The first-order valence-electron chi connectivity index (χ1n) is 9.91. The lowest BCUT2D eigenvalue weighted by molar-refractivity contribution is 0.161. The summed E-state index contributed by atoms with van der Waals surface area (Å²) in [6.07, 6.45) is 2.10. The van der Waals surface area contributed by atoms with Gasteiger partial charge in [-0.25, -0.2) is 9.37 Å². The summed E-state index contributed by atoms with van der Waals surface area (Å²) < 4.78 is 15.5. The zero-order valence-electron chi connectivity index (χ0n) is 16.3. The molecule has 5 nitrogen and oxygen atoms in total. The number of rotatable bonds is 6. The molecule has 0 spiro atoms. The fourth-order valence-corrected chi connectivity index (χ4v) is 4.08. The van der Waals surface area contributed by atoms with Crippen molar-refractivity contribution in [1.29, 1.82) is 0 Å². The lowest BCUT2D eigenvalue weighted by Gasteiger charge is -2.37. The van der Waals surface area contributed by atoms with E-state index in [1.807, 2.05) is 30.3 Å². The van der Waals surface area contributed by atoms with Crippen molar-refractivity contribution in [2.24, 2.45) is 0 Å². The summed E-state index contributed by atoms with van der Waals surface area (Å²) >= 11 is 0. The van der Waals surface area contributed by atoms with Crippen molar-refractivity contribution in [1.82, 2.24) is 14.5 Å². The molecule has 1 aliphatic heterocycles. The average molecular weight is 382 g/mol. The SMILES string of the molecule is CN(CCO)C1CCN(c2nc3ccccc3n2Cc2ccc(F)cc2)CC1. The lowest BCUT2D eigenvalue weighted by Crippen LogP contribution is -2.45. The highest BCUT2D eigenvalue weighted by Crippen LogP contribution is 2.27. The second-order valence-corrected chi connectivity index (χ2v) is 7.54. The molecule has 1 saturated heterocycles. The number of halogens is 1. The fraction of sp³-hybridized carbons (Fsp3) is 0.409. The molecule has 1 aliphatic rings. The minimum absolute atomic E-state index is 0.199. The Morgan fingerprint density at radius 2 is 1.82 bits per heavy atom. The van der Waals surface area contributed by atoms with E-state index in [4.69, 9.17) is 4.98 Å². The first-order valence-corrected chi connectivity index (χ1v) is 9.91. The smallest absolute Gasteiger partial charge is 0.206 e. The number of aromatic nitrogens is 2. The summed E-state index contributed by atoms with van der Waals surface area (Å²) in [5, 5.41) is 9.18. The van der Waals surface area contributed by atoms with Gasteiger partial charge in [-0.1, -0.05) is 24.3 Å². The van der Waals surface area contributed by atoms with Crippen LogP contribution in [0, 0.1) is 5.82 Å². The van der Waals surface area contributed by atoms with E-state index in [0.29, 0.717) is 19.1 Å². The fourth-order valence-electron chi connectivity index (χ4n) is 4.08. The Balaban J connectivity index is 1.59. The summed E-state index contributed by atoms with van der Waals surface area (Å²) in [6, 6.07) is 15.4. The highest BCUT2D eigenvalue weighted by molar-refractivity contribution is 5.79. The minimum Gasteiger partial charge on any atom is -0.395 e. The molecule has 6 heteroatoms. The van der Waals surface area contributed by atoms with E-state index in [0.717, 1.165) is 48.5 Å². The molecule has 0 bridgehead atoms. The Labute approximate surface area is 165 Å². The molecule has 2 aromatic carbocycles. The van der Waals surface area contributed by atoms with Crippen molar-refractivity contribution in [3.8, 4) is 0 Å². The molecule has 0 unspecified atom stereocenters. The van der Waals surface area contributed by atoms with Gasteiger partial charge >= 0.3 is 0 Å². The normalized spacial score (nSPS) is 15.6. The maximum atomic E-state index is 13.3. The molecule has 1 N–H and O–H groups in total. The number of piperidine rings is 1. The topological polar surface area (TPSA) is 44.5 Å². The number of benzene rings is 2. The third-order valence-electron chi connectivity index (χ3n) is 5.71. The number of aliphatic hydroxyl groups excluding tert-OH is 1. The molecule has 0 aliphatic carbocycles. The highest BCUT2D eigenvalue weighted by atomic mass is 19.1. The van der Waals surface area contributed by atoms with Crippen LogP contribution in [0.3, 0.4) is 0 Å². The van der Waals surface area contributed by atoms with Gasteiger partial charge in [0.05, 0.1) is 24.2 Å². The first-order chi connectivity index (χ1) is 13.7. The van der Waals surface area contributed by atoms with Crippen molar-refractivity contribution in [3.63, 3.8) is 0 Å². The summed E-state index contributed by atoms with van der Waals surface area (Å²) in [5.74, 6) is 0.766. The number of anilines is 1. The molecule has 28 heavy (non-hydrogen) atoms. The van der Waals surface area contributed by atoms with Gasteiger partial charge in [0.1, 0.15) is 5.82 Å². The number of likely N-dealkylation sites (N-methyl/N-ethyl adjacent to an activating group) is 1. The van der Waals surface area contributed by atoms with Gasteiger partial charge in [-0.15, -0.1) is 0 Å². The van der Waals surface area contributed by atoms with Gasteiger partial charge in [-0.05, 0) is 49.7 Å². The number of imidazole rings is 1. The lowest BCUT2D eigenvalue weighted by atomic mass is 10.0. The van der Waals surface area contributed by atoms with E-state index in [2.05, 4.69) is 27.5 Å². The van der Waals surface area contributed by atoms with Crippen LogP contribution in [0.1, 0.15) is 18.4 Å². The van der Waals surface area contributed by atoms with Gasteiger partial charge in [-0.2, -0.15) is 0 Å². The number of fused-ring (bicyclic) bond motifs is 1. The zero-order valence-corrected chi connectivity index (χ0v) is 16.3. The maximum Gasteiger partial charge on any atom is 0.206 e. The average Bonchev–Trinajstić information content (AvgIpc) is 3.08. The number of para-hydroxylation sites is 2. The van der Waals surface area contributed by atoms with E-state index < -0.39 is 0 Å². The third kappa shape index (κ3) is 3.88. The Kier molecular flexibility index (Phi) is 5.59. The van der Waals surface area contributed by atoms with Gasteiger partial charge in [0.15, 0.2) is 0 Å². The quantitative estimate of drug-likeness (QED) is 0.712. The molecular formula is C22H27FN4O. The minimum atomic E-state index is -0.214. The van der Waals surface area contributed by atoms with Crippen LogP contribution in [-0.4, -0.2) is 58.9 Å². The molecule has 3 aromatic rings. The highest BCUT2D eigenvalue weighted by Gasteiger charge is 2.25. The Morgan fingerprint density at radius 3 is 2.54 bits per heavy atom. The Bertz CT molecular complexity index is 916. The molecule has 0 atom stereocenters. The van der Waals surface area contributed by atoms with Crippen molar-refractivity contribution < 1.29 is 9.50 Å². The standard InChI is InChI=1S/C22H27FN4O/c1-25(14-15-28)19-10-12-26(13-11-19)22-24-20-4-2-3-5-21(20)27(22)16-17-6-8-18(23)9-7-17/h2-9,19,28H,10-16H2,1H3. The second kappa shape index (κ2) is 8.29. The second-order valence-electron chi connectivity index (χ2n) is 7.54. The monoisotopic (exact) mass is 382 g/mol. The molecule has 1 fully saturated rings. The van der Waals surface area contributed by atoms with Crippen molar-refractivity contribution in [2.75, 3.05) is 38.2 Å². The molecular weight excluding hydrogens is 355 g/mol. The largest absolute Gasteiger partial charge is 0.395 e. The zero-order chi connectivity index (χ0) is 19.5. The van der Waals surface area contributed by atoms with E-state index in [9.17, 15) is 9.50 Å². The van der Waals surface area contributed by atoms with Gasteiger partial charge in [0.25, 0.3) is 0 Å². The van der Waals surface area contributed by atoms with Crippen LogP contribution in [0.4, 0.5) is 10.3 Å². The Morgan fingerprint density at radius 1 is 1.11 bits per heavy atom. The molecule has 0 radical (unpaired) electrons. The summed E-state index contributed by atoms with van der Waals surface area (Å²) in [6.45, 7) is 3.46. The molecule has 0 saturated carbocycles. The third-order valence-corrected chi connectivity index (χ3v) is 5.71. The van der Waals surface area contributed by atoms with Crippen LogP contribution < -0.4 is 4.90 Å².